The maximum absolute atomic E-state index is 13.4. The molecule has 0 spiro atoms. The van der Waals surface area contributed by atoms with Crippen molar-refractivity contribution in [2.24, 2.45) is 5.92 Å². The molecule has 0 bridgehead atoms. The Morgan fingerprint density at radius 3 is 2.56 bits per heavy atom. The minimum Gasteiger partial charge on any atom is -0.484 e. The molecule has 0 aliphatic heterocycles. The average Bonchev–Trinajstić information content (AvgIpc) is 2.80. The number of ether oxygens (including phenoxy) is 1. The van der Waals surface area contributed by atoms with Crippen LogP contribution in [0.5, 0.6) is 5.75 Å². The second-order valence-corrected chi connectivity index (χ2v) is 7.56. The quantitative estimate of drug-likeness (QED) is 0.323. The predicted molar refractivity (Wildman–Crippen MR) is 115 cm³/mol. The van der Waals surface area contributed by atoms with E-state index in [1.807, 2.05) is 0 Å². The van der Waals surface area contributed by atoms with Gasteiger partial charge in [0.2, 0.25) is 5.91 Å². The van der Waals surface area contributed by atoms with E-state index in [1.165, 1.54) is 18.2 Å². The molecule has 1 heterocycles. The summed E-state index contributed by atoms with van der Waals surface area (Å²) in [7, 11) is 0. The van der Waals surface area contributed by atoms with E-state index in [0.29, 0.717) is 6.20 Å². The summed E-state index contributed by atoms with van der Waals surface area (Å²) in [6.07, 6.45) is -3.70. The highest BCUT2D eigenvalue weighted by molar-refractivity contribution is 6.30. The first kappa shape index (κ1) is 27.1. The van der Waals surface area contributed by atoms with Gasteiger partial charge in [-0.25, -0.2) is 4.39 Å². The van der Waals surface area contributed by atoms with Gasteiger partial charge in [-0.1, -0.05) is 17.7 Å². The molecule has 2 rings (SSSR count). The molecule has 2 amide bonds. The summed E-state index contributed by atoms with van der Waals surface area (Å²) >= 11 is 5.56. The van der Waals surface area contributed by atoms with E-state index in [0.717, 1.165) is 18.2 Å². The molecule has 2 atom stereocenters. The van der Waals surface area contributed by atoms with E-state index in [2.05, 4.69) is 22.2 Å². The Labute approximate surface area is 197 Å². The molecule has 0 radical (unpaired) electrons. The SMILES string of the molecule is C=CC(C[C@H](O)CNC(=O)COc1ccc(Cl)c(F)c1)C(=O)NCc1ccc(C(F)(F)F)cn1. The number of amides is 2. The standard InChI is InChI=1S/C22H22ClF4N3O4/c1-2-13(21(33)30-10-15-4-3-14(9-28-15)22(25,26)27)7-16(31)11-29-20(32)12-34-17-5-6-18(23)19(24)8-17/h2-6,8-9,13,16,31H,1,7,10-12H2,(H,29,32)(H,30,33)/t13?,16-/m0/s1. The van der Waals surface area contributed by atoms with Crippen LogP contribution in [-0.2, 0) is 22.3 Å². The number of pyridine rings is 1. The smallest absolute Gasteiger partial charge is 0.417 e. The van der Waals surface area contributed by atoms with Crippen molar-refractivity contribution in [1.82, 2.24) is 15.6 Å². The summed E-state index contributed by atoms with van der Waals surface area (Å²) in [5.41, 5.74) is -0.681. The van der Waals surface area contributed by atoms with Crippen LogP contribution in [0.1, 0.15) is 17.7 Å². The van der Waals surface area contributed by atoms with Crippen LogP contribution in [0, 0.1) is 11.7 Å². The number of halogens is 5. The zero-order valence-electron chi connectivity index (χ0n) is 17.7. The van der Waals surface area contributed by atoms with Gasteiger partial charge in [0.1, 0.15) is 11.6 Å². The number of carbonyl (C=O) groups is 2. The lowest BCUT2D eigenvalue weighted by Crippen LogP contribution is -2.38. The lowest BCUT2D eigenvalue weighted by atomic mass is 10.0. The van der Waals surface area contributed by atoms with E-state index in [4.69, 9.17) is 16.3 Å². The van der Waals surface area contributed by atoms with Gasteiger partial charge in [-0.15, -0.1) is 6.58 Å². The fraction of sp³-hybridized carbons (Fsp3) is 0.318. The zero-order chi connectivity index (χ0) is 25.3. The Morgan fingerprint density at radius 1 is 1.24 bits per heavy atom. The van der Waals surface area contributed by atoms with E-state index in [1.54, 1.807) is 0 Å². The number of nitrogens with zero attached hydrogens (tertiary/aromatic N) is 1. The van der Waals surface area contributed by atoms with Crippen LogP contribution in [0.25, 0.3) is 0 Å². The number of hydrogen-bond acceptors (Lipinski definition) is 5. The first-order valence-electron chi connectivity index (χ1n) is 9.94. The van der Waals surface area contributed by atoms with Crippen molar-refractivity contribution in [3.05, 3.63) is 71.3 Å². The minimum absolute atomic E-state index is 0.0701. The molecule has 1 unspecified atom stereocenters. The van der Waals surface area contributed by atoms with Gasteiger partial charge in [0, 0.05) is 18.8 Å². The third-order valence-electron chi connectivity index (χ3n) is 4.54. The highest BCUT2D eigenvalue weighted by Crippen LogP contribution is 2.28. The molecule has 34 heavy (non-hydrogen) atoms. The summed E-state index contributed by atoms with van der Waals surface area (Å²) in [6, 6.07) is 5.71. The molecular formula is C22H22ClF4N3O4. The molecule has 0 aliphatic rings. The number of nitrogens with one attached hydrogen (secondary N) is 2. The van der Waals surface area contributed by atoms with Crippen LogP contribution in [0.2, 0.25) is 5.02 Å². The number of hydrogen-bond donors (Lipinski definition) is 3. The van der Waals surface area contributed by atoms with Gasteiger partial charge in [-0.3, -0.25) is 14.6 Å². The Morgan fingerprint density at radius 2 is 1.97 bits per heavy atom. The number of aliphatic hydroxyl groups excluding tert-OH is 1. The molecule has 1 aromatic heterocycles. The molecule has 3 N–H and O–H groups in total. The summed E-state index contributed by atoms with van der Waals surface area (Å²) in [4.78, 5) is 27.8. The third-order valence-corrected chi connectivity index (χ3v) is 4.85. The fourth-order valence-corrected chi connectivity index (χ4v) is 2.81. The number of carbonyl (C=O) groups excluding carboxylic acids is 2. The Balaban J connectivity index is 1.74. The maximum atomic E-state index is 13.4. The van der Waals surface area contributed by atoms with Crippen molar-refractivity contribution in [1.29, 1.82) is 0 Å². The van der Waals surface area contributed by atoms with Gasteiger partial charge in [-0.05, 0) is 30.7 Å². The molecule has 0 fully saturated rings. The largest absolute Gasteiger partial charge is 0.484 e. The number of aromatic nitrogens is 1. The molecule has 0 saturated heterocycles. The third kappa shape index (κ3) is 8.64. The van der Waals surface area contributed by atoms with Gasteiger partial charge >= 0.3 is 6.18 Å². The topological polar surface area (TPSA) is 101 Å². The fourth-order valence-electron chi connectivity index (χ4n) is 2.69. The first-order chi connectivity index (χ1) is 16.0. The van der Waals surface area contributed by atoms with Crippen molar-refractivity contribution < 1.29 is 37.0 Å². The van der Waals surface area contributed by atoms with Crippen molar-refractivity contribution in [3.8, 4) is 5.75 Å². The predicted octanol–water partition coefficient (Wildman–Crippen LogP) is 3.26. The van der Waals surface area contributed by atoms with Crippen LogP contribution < -0.4 is 15.4 Å². The van der Waals surface area contributed by atoms with Crippen molar-refractivity contribution in [3.63, 3.8) is 0 Å². The summed E-state index contributed by atoms with van der Waals surface area (Å²) in [6.45, 7) is 2.81. The Bertz CT molecular complexity index is 1000. The zero-order valence-corrected chi connectivity index (χ0v) is 18.5. The van der Waals surface area contributed by atoms with E-state index >= 15 is 0 Å². The first-order valence-corrected chi connectivity index (χ1v) is 10.3. The van der Waals surface area contributed by atoms with Gasteiger partial charge in [0.15, 0.2) is 6.61 Å². The van der Waals surface area contributed by atoms with E-state index in [9.17, 15) is 32.3 Å². The van der Waals surface area contributed by atoms with Crippen LogP contribution in [0.15, 0.2) is 49.2 Å². The average molecular weight is 504 g/mol. The van der Waals surface area contributed by atoms with Gasteiger partial charge < -0.3 is 20.5 Å². The summed E-state index contributed by atoms with van der Waals surface area (Å²) in [5, 5.41) is 15.0. The molecule has 12 heteroatoms. The lowest BCUT2D eigenvalue weighted by Gasteiger charge is -2.17. The minimum atomic E-state index is -4.51. The molecule has 1 aromatic carbocycles. The Hall–Kier alpha value is -3.18. The van der Waals surface area contributed by atoms with Crippen molar-refractivity contribution in [2.45, 2.75) is 25.2 Å². The summed E-state index contributed by atoms with van der Waals surface area (Å²) in [5.74, 6) is -2.52. The maximum Gasteiger partial charge on any atom is 0.417 e. The Kier molecular flexibility index (Phi) is 9.82. The number of benzene rings is 1. The van der Waals surface area contributed by atoms with Crippen molar-refractivity contribution in [2.75, 3.05) is 13.2 Å². The second kappa shape index (κ2) is 12.3. The number of rotatable bonds is 11. The van der Waals surface area contributed by atoms with Crippen LogP contribution in [-0.4, -0.2) is 41.2 Å². The van der Waals surface area contributed by atoms with E-state index in [-0.39, 0.29) is 36.0 Å². The van der Waals surface area contributed by atoms with E-state index < -0.39 is 48.0 Å². The van der Waals surface area contributed by atoms with Crippen molar-refractivity contribution >= 4 is 23.4 Å². The van der Waals surface area contributed by atoms with Gasteiger partial charge in [0.25, 0.3) is 5.91 Å². The number of aliphatic hydroxyl groups is 1. The summed E-state index contributed by atoms with van der Waals surface area (Å²) < 4.78 is 56.2. The van der Waals surface area contributed by atoms with Gasteiger partial charge in [-0.2, -0.15) is 13.2 Å². The lowest BCUT2D eigenvalue weighted by molar-refractivity contribution is -0.138. The molecule has 7 nitrogen and oxygen atoms in total. The monoisotopic (exact) mass is 503 g/mol. The van der Waals surface area contributed by atoms with Crippen LogP contribution in [0.4, 0.5) is 17.6 Å². The highest BCUT2D eigenvalue weighted by Gasteiger charge is 2.30. The molecule has 0 saturated carbocycles. The molecule has 0 aliphatic carbocycles. The normalized spacial score (nSPS) is 13.0. The highest BCUT2D eigenvalue weighted by atomic mass is 35.5. The van der Waals surface area contributed by atoms with Crippen LogP contribution in [0.3, 0.4) is 0 Å². The van der Waals surface area contributed by atoms with Gasteiger partial charge in [0.05, 0.1) is 34.8 Å². The van der Waals surface area contributed by atoms with Crippen LogP contribution >= 0.6 is 11.6 Å². The molecule has 2 aromatic rings. The second-order valence-electron chi connectivity index (χ2n) is 7.15. The molecule has 184 valence electrons. The number of alkyl halides is 3. The molecular weight excluding hydrogens is 482 g/mol.